The number of aromatic amines is 1. The van der Waals surface area contributed by atoms with E-state index >= 15 is 0 Å². The van der Waals surface area contributed by atoms with E-state index in [-0.39, 0.29) is 0 Å². The number of fused-ring (bicyclic) bond motifs is 1. The van der Waals surface area contributed by atoms with E-state index in [4.69, 9.17) is 10.5 Å². The van der Waals surface area contributed by atoms with Crippen molar-refractivity contribution in [1.82, 2.24) is 25.1 Å². The zero-order valence-corrected chi connectivity index (χ0v) is 10.4. The summed E-state index contributed by atoms with van der Waals surface area (Å²) in [6, 6.07) is 0. The average molecular weight is 258 g/mol. The molecule has 3 heterocycles. The summed E-state index contributed by atoms with van der Waals surface area (Å²) in [5.41, 5.74) is 7.02. The van der Waals surface area contributed by atoms with Gasteiger partial charge in [0.15, 0.2) is 5.65 Å². The van der Waals surface area contributed by atoms with Crippen molar-refractivity contribution in [3.63, 3.8) is 0 Å². The minimum absolute atomic E-state index is 0.398. The second-order valence-corrected chi connectivity index (χ2v) is 4.25. The van der Waals surface area contributed by atoms with Crippen molar-refractivity contribution in [2.75, 3.05) is 38.6 Å². The molecule has 3 rings (SSSR count). The maximum Gasteiger partial charge on any atom is 0.187 e. The Labute approximate surface area is 110 Å². The number of nitrogen functional groups attached to an aromatic ring is 1. The molecular weight excluding hydrogens is 244 g/mol. The Bertz CT molecular complexity index is 634. The van der Waals surface area contributed by atoms with Crippen LogP contribution in [0.5, 0.6) is 0 Å². The van der Waals surface area contributed by atoms with Crippen LogP contribution in [0, 0.1) is 11.8 Å². The highest BCUT2D eigenvalue weighted by molar-refractivity contribution is 5.89. The largest absolute Gasteiger partial charge is 0.383 e. The van der Waals surface area contributed by atoms with Gasteiger partial charge >= 0.3 is 0 Å². The Kier molecular flexibility index (Phi) is 3.27. The van der Waals surface area contributed by atoms with Gasteiger partial charge in [-0.3, -0.25) is 10.00 Å². The maximum atomic E-state index is 5.81. The third-order valence-corrected chi connectivity index (χ3v) is 3.00. The lowest BCUT2D eigenvalue weighted by molar-refractivity contribution is 0.0443. The van der Waals surface area contributed by atoms with Gasteiger partial charge in [0.2, 0.25) is 0 Å². The van der Waals surface area contributed by atoms with Crippen LogP contribution in [0.25, 0.3) is 11.0 Å². The van der Waals surface area contributed by atoms with Crippen molar-refractivity contribution < 1.29 is 4.74 Å². The molecule has 2 aromatic heterocycles. The fraction of sp³-hybridized carbons (Fsp3) is 0.417. The van der Waals surface area contributed by atoms with Crippen molar-refractivity contribution in [3.05, 3.63) is 12.0 Å². The van der Waals surface area contributed by atoms with E-state index < -0.39 is 0 Å². The van der Waals surface area contributed by atoms with Crippen molar-refractivity contribution >= 4 is 16.9 Å². The van der Waals surface area contributed by atoms with Gasteiger partial charge in [0.25, 0.3) is 0 Å². The Balaban J connectivity index is 1.78. The molecule has 0 atom stereocenters. The quantitative estimate of drug-likeness (QED) is 0.677. The highest BCUT2D eigenvalue weighted by atomic mass is 16.5. The molecule has 0 aliphatic carbocycles. The molecule has 0 aromatic carbocycles. The van der Waals surface area contributed by atoms with Gasteiger partial charge in [-0.05, 0) is 5.92 Å². The van der Waals surface area contributed by atoms with Crippen molar-refractivity contribution in [2.24, 2.45) is 0 Å². The van der Waals surface area contributed by atoms with Crippen LogP contribution in [-0.2, 0) is 4.74 Å². The maximum absolute atomic E-state index is 5.81. The molecule has 0 radical (unpaired) electrons. The Morgan fingerprint density at radius 3 is 3.05 bits per heavy atom. The monoisotopic (exact) mass is 258 g/mol. The molecule has 1 aliphatic rings. The minimum Gasteiger partial charge on any atom is -0.383 e. The smallest absolute Gasteiger partial charge is 0.187 e. The molecule has 0 saturated carbocycles. The molecule has 0 bridgehead atoms. The SMILES string of the molecule is Nc1ncnc2n[nH]c(C#CCN3CCOCC3)c12. The van der Waals surface area contributed by atoms with Crippen LogP contribution in [0.2, 0.25) is 0 Å². The van der Waals surface area contributed by atoms with E-state index in [2.05, 4.69) is 36.9 Å². The topological polar surface area (TPSA) is 92.9 Å². The average Bonchev–Trinajstić information content (AvgIpc) is 2.85. The summed E-state index contributed by atoms with van der Waals surface area (Å²) in [7, 11) is 0. The van der Waals surface area contributed by atoms with Crippen molar-refractivity contribution in [3.8, 4) is 11.8 Å². The second kappa shape index (κ2) is 5.22. The third-order valence-electron chi connectivity index (χ3n) is 3.00. The molecule has 19 heavy (non-hydrogen) atoms. The van der Waals surface area contributed by atoms with Gasteiger partial charge in [0.05, 0.1) is 25.1 Å². The zero-order valence-electron chi connectivity index (χ0n) is 10.4. The highest BCUT2D eigenvalue weighted by Crippen LogP contribution is 2.17. The Morgan fingerprint density at radius 1 is 1.37 bits per heavy atom. The fourth-order valence-electron chi connectivity index (χ4n) is 1.97. The Hall–Kier alpha value is -2.17. The molecule has 7 nitrogen and oxygen atoms in total. The van der Waals surface area contributed by atoms with Crippen LogP contribution in [0.15, 0.2) is 6.33 Å². The number of morpholine rings is 1. The van der Waals surface area contributed by atoms with Gasteiger partial charge in [-0.2, -0.15) is 5.10 Å². The number of rotatable bonds is 1. The van der Waals surface area contributed by atoms with Gasteiger partial charge in [-0.25, -0.2) is 9.97 Å². The molecule has 98 valence electrons. The second-order valence-electron chi connectivity index (χ2n) is 4.25. The van der Waals surface area contributed by atoms with Gasteiger partial charge in [-0.15, -0.1) is 0 Å². The summed E-state index contributed by atoms with van der Waals surface area (Å²) in [6.07, 6.45) is 1.39. The van der Waals surface area contributed by atoms with Crippen LogP contribution in [-0.4, -0.2) is 57.9 Å². The lowest BCUT2D eigenvalue weighted by Gasteiger charge is -2.24. The molecule has 1 fully saturated rings. The first-order valence-corrected chi connectivity index (χ1v) is 6.08. The number of H-pyrrole nitrogens is 1. The van der Waals surface area contributed by atoms with Crippen molar-refractivity contribution in [1.29, 1.82) is 0 Å². The minimum atomic E-state index is 0.398. The summed E-state index contributed by atoms with van der Waals surface area (Å²) in [6.45, 7) is 4.09. The lowest BCUT2D eigenvalue weighted by atomic mass is 10.3. The van der Waals surface area contributed by atoms with Crippen LogP contribution in [0.3, 0.4) is 0 Å². The van der Waals surface area contributed by atoms with E-state index in [1.807, 2.05) is 0 Å². The number of hydrogen-bond acceptors (Lipinski definition) is 6. The van der Waals surface area contributed by atoms with E-state index in [0.717, 1.165) is 26.3 Å². The summed E-state index contributed by atoms with van der Waals surface area (Å²) >= 11 is 0. The van der Waals surface area contributed by atoms with E-state index in [1.54, 1.807) is 0 Å². The summed E-state index contributed by atoms with van der Waals surface area (Å²) in [5.74, 6) is 6.56. The Morgan fingerprint density at radius 2 is 2.21 bits per heavy atom. The molecule has 0 amide bonds. The molecule has 0 spiro atoms. The normalized spacial score (nSPS) is 16.2. The number of ether oxygens (including phenoxy) is 1. The van der Waals surface area contributed by atoms with Gasteiger partial charge in [0.1, 0.15) is 17.8 Å². The van der Waals surface area contributed by atoms with Crippen LogP contribution in [0.1, 0.15) is 5.69 Å². The molecule has 7 heteroatoms. The van der Waals surface area contributed by atoms with E-state index in [0.29, 0.717) is 29.1 Å². The molecular formula is C12H14N6O. The predicted octanol–water partition coefficient (Wildman–Crippen LogP) is -0.381. The summed E-state index contributed by atoms with van der Waals surface area (Å²) in [5, 5.41) is 7.59. The first kappa shape index (κ1) is 11.9. The molecule has 2 aromatic rings. The third kappa shape index (κ3) is 2.50. The standard InChI is InChI=1S/C12H14N6O/c13-11-10-9(16-17-12(10)15-8-14-11)2-1-3-18-4-6-19-7-5-18/h8H,3-7H2,(H3,13,14,15,16,17). The molecule has 1 saturated heterocycles. The van der Waals surface area contributed by atoms with E-state index in [9.17, 15) is 0 Å². The van der Waals surface area contributed by atoms with Crippen LogP contribution < -0.4 is 5.73 Å². The summed E-state index contributed by atoms with van der Waals surface area (Å²) < 4.78 is 5.29. The predicted molar refractivity (Wildman–Crippen MR) is 70.2 cm³/mol. The lowest BCUT2D eigenvalue weighted by Crippen LogP contribution is -2.36. The van der Waals surface area contributed by atoms with Gasteiger partial charge in [-0.1, -0.05) is 5.92 Å². The summed E-state index contributed by atoms with van der Waals surface area (Å²) in [4.78, 5) is 10.2. The molecule has 0 unspecified atom stereocenters. The first-order valence-electron chi connectivity index (χ1n) is 6.08. The first-order chi connectivity index (χ1) is 9.34. The number of anilines is 1. The molecule has 1 aliphatic heterocycles. The van der Waals surface area contributed by atoms with Crippen LogP contribution >= 0.6 is 0 Å². The zero-order chi connectivity index (χ0) is 13.1. The number of aromatic nitrogens is 4. The number of nitrogens with zero attached hydrogens (tertiary/aromatic N) is 4. The highest BCUT2D eigenvalue weighted by Gasteiger charge is 2.09. The molecule has 3 N–H and O–H groups in total. The fourth-order valence-corrected chi connectivity index (χ4v) is 1.97. The number of hydrogen-bond donors (Lipinski definition) is 2. The van der Waals surface area contributed by atoms with Gasteiger partial charge in [0, 0.05) is 13.1 Å². The van der Waals surface area contributed by atoms with E-state index in [1.165, 1.54) is 6.33 Å². The van der Waals surface area contributed by atoms with Crippen molar-refractivity contribution in [2.45, 2.75) is 0 Å². The van der Waals surface area contributed by atoms with Crippen LogP contribution in [0.4, 0.5) is 5.82 Å². The number of nitrogens with one attached hydrogen (secondary N) is 1. The van der Waals surface area contributed by atoms with Gasteiger partial charge < -0.3 is 10.5 Å². The number of nitrogens with two attached hydrogens (primary N) is 1.